The van der Waals surface area contributed by atoms with E-state index in [0.29, 0.717) is 0 Å². The van der Waals surface area contributed by atoms with E-state index in [4.69, 9.17) is 14.9 Å². The lowest BCUT2D eigenvalue weighted by Crippen LogP contribution is -1.99. The summed E-state index contributed by atoms with van der Waals surface area (Å²) in [6.07, 6.45) is 3.64. The van der Waals surface area contributed by atoms with Crippen molar-refractivity contribution in [3.05, 3.63) is 0 Å². The Hall–Kier alpha value is -0.120. The van der Waals surface area contributed by atoms with E-state index in [1.54, 1.807) is 0 Å². The maximum Gasteiger partial charge on any atom is 0.0662 e. The fourth-order valence-electron chi connectivity index (χ4n) is 0.667. The minimum absolute atomic E-state index is 0.125. The van der Waals surface area contributed by atoms with Crippen molar-refractivity contribution in [3.8, 4) is 0 Å². The molecule has 0 aromatic rings. The molecule has 88 valence electrons. The summed E-state index contributed by atoms with van der Waals surface area (Å²) in [4.78, 5) is 0. The average molecular weight is 206 g/mol. The van der Waals surface area contributed by atoms with Crippen LogP contribution in [0.15, 0.2) is 0 Å². The third-order valence-corrected chi connectivity index (χ3v) is 1.58. The van der Waals surface area contributed by atoms with Crippen LogP contribution in [-0.4, -0.2) is 36.6 Å². The van der Waals surface area contributed by atoms with Crippen molar-refractivity contribution in [1.29, 1.82) is 0 Å². The molecule has 3 heteroatoms. The van der Waals surface area contributed by atoms with Crippen molar-refractivity contribution in [2.45, 2.75) is 40.0 Å². The number of ether oxygens (including phenoxy) is 1. The molecule has 0 atom stereocenters. The van der Waals surface area contributed by atoms with Gasteiger partial charge in [0.05, 0.1) is 13.2 Å². The highest BCUT2D eigenvalue weighted by atomic mass is 16.5. The molecule has 0 aliphatic carbocycles. The van der Waals surface area contributed by atoms with Gasteiger partial charge >= 0.3 is 0 Å². The van der Waals surface area contributed by atoms with Crippen molar-refractivity contribution in [1.82, 2.24) is 0 Å². The molecule has 0 saturated heterocycles. The van der Waals surface area contributed by atoms with Gasteiger partial charge in [0.15, 0.2) is 0 Å². The second-order valence-electron chi connectivity index (χ2n) is 3.60. The smallest absolute Gasteiger partial charge is 0.0662 e. The molecule has 0 amide bonds. The van der Waals surface area contributed by atoms with Crippen LogP contribution in [0.25, 0.3) is 0 Å². The average Bonchev–Trinajstić information content (AvgIpc) is 2.18. The zero-order chi connectivity index (χ0) is 11.2. The fourth-order valence-corrected chi connectivity index (χ4v) is 0.667. The number of hydrogen-bond donors (Lipinski definition) is 2. The SMILES string of the molecule is CCCCOCCC(C)C.OCCO. The van der Waals surface area contributed by atoms with E-state index in [0.717, 1.165) is 19.1 Å². The van der Waals surface area contributed by atoms with E-state index in [9.17, 15) is 0 Å². The Morgan fingerprint density at radius 3 is 2.00 bits per heavy atom. The Morgan fingerprint density at radius 2 is 1.64 bits per heavy atom. The zero-order valence-corrected chi connectivity index (χ0v) is 9.83. The Morgan fingerprint density at radius 1 is 1.07 bits per heavy atom. The third-order valence-electron chi connectivity index (χ3n) is 1.58. The Labute approximate surface area is 88.1 Å². The molecule has 0 bridgehead atoms. The van der Waals surface area contributed by atoms with Gasteiger partial charge < -0.3 is 14.9 Å². The second-order valence-corrected chi connectivity index (χ2v) is 3.60. The lowest BCUT2D eigenvalue weighted by atomic mass is 10.1. The molecule has 0 fully saturated rings. The van der Waals surface area contributed by atoms with Crippen LogP contribution in [0.5, 0.6) is 0 Å². The van der Waals surface area contributed by atoms with E-state index in [1.165, 1.54) is 19.3 Å². The Bertz CT molecular complexity index is 82.6. The van der Waals surface area contributed by atoms with Gasteiger partial charge in [-0.3, -0.25) is 0 Å². The minimum Gasteiger partial charge on any atom is -0.394 e. The first kappa shape index (κ1) is 16.3. The summed E-state index contributed by atoms with van der Waals surface area (Å²) in [7, 11) is 0. The number of aliphatic hydroxyl groups is 2. The summed E-state index contributed by atoms with van der Waals surface area (Å²) in [6, 6.07) is 0. The topological polar surface area (TPSA) is 49.7 Å². The molecule has 0 rings (SSSR count). The maximum atomic E-state index is 7.62. The van der Waals surface area contributed by atoms with Crippen LogP contribution in [0.3, 0.4) is 0 Å². The van der Waals surface area contributed by atoms with Crippen molar-refractivity contribution in [2.75, 3.05) is 26.4 Å². The molecule has 0 radical (unpaired) electrons. The largest absolute Gasteiger partial charge is 0.394 e. The Kier molecular flexibility index (Phi) is 17.9. The summed E-state index contributed by atoms with van der Waals surface area (Å²) in [5, 5.41) is 15.2. The van der Waals surface area contributed by atoms with Crippen molar-refractivity contribution in [3.63, 3.8) is 0 Å². The molecule has 2 N–H and O–H groups in total. The van der Waals surface area contributed by atoms with Crippen LogP contribution in [-0.2, 0) is 4.74 Å². The van der Waals surface area contributed by atoms with Gasteiger partial charge in [0, 0.05) is 13.2 Å². The number of hydrogen-bond acceptors (Lipinski definition) is 3. The first-order chi connectivity index (χ1) is 6.68. The number of aliphatic hydroxyl groups excluding tert-OH is 2. The van der Waals surface area contributed by atoms with E-state index in [-0.39, 0.29) is 13.2 Å². The van der Waals surface area contributed by atoms with Crippen LogP contribution in [0.4, 0.5) is 0 Å². The highest BCUT2D eigenvalue weighted by Gasteiger charge is 1.92. The molecule has 14 heavy (non-hydrogen) atoms. The predicted molar refractivity (Wildman–Crippen MR) is 59.4 cm³/mol. The first-order valence-corrected chi connectivity index (χ1v) is 5.48. The molecule has 0 spiro atoms. The van der Waals surface area contributed by atoms with E-state index >= 15 is 0 Å². The van der Waals surface area contributed by atoms with Gasteiger partial charge in [-0.25, -0.2) is 0 Å². The van der Waals surface area contributed by atoms with E-state index in [1.807, 2.05) is 0 Å². The van der Waals surface area contributed by atoms with Gasteiger partial charge in [-0.1, -0.05) is 27.2 Å². The highest BCUT2D eigenvalue weighted by Crippen LogP contribution is 1.99. The molecular weight excluding hydrogens is 180 g/mol. The first-order valence-electron chi connectivity index (χ1n) is 5.48. The summed E-state index contributed by atoms with van der Waals surface area (Å²) < 4.78 is 5.38. The zero-order valence-electron chi connectivity index (χ0n) is 9.83. The monoisotopic (exact) mass is 206 g/mol. The van der Waals surface area contributed by atoms with Gasteiger partial charge in [0.2, 0.25) is 0 Å². The van der Waals surface area contributed by atoms with Crippen molar-refractivity contribution < 1.29 is 14.9 Å². The molecule has 0 saturated carbocycles. The Balaban J connectivity index is 0. The molecule has 0 aliphatic heterocycles. The lowest BCUT2D eigenvalue weighted by Gasteiger charge is -2.04. The standard InChI is InChI=1S/C9H20O.C2H6O2/c1-4-5-7-10-8-6-9(2)3;3-1-2-4/h9H,4-8H2,1-3H3;3-4H,1-2H2. The van der Waals surface area contributed by atoms with Gasteiger partial charge in [-0.15, -0.1) is 0 Å². The second kappa shape index (κ2) is 15.4. The summed E-state index contributed by atoms with van der Waals surface area (Å²) in [5.74, 6) is 0.779. The van der Waals surface area contributed by atoms with Gasteiger partial charge in [-0.05, 0) is 18.8 Å². The van der Waals surface area contributed by atoms with Crippen LogP contribution in [0.2, 0.25) is 0 Å². The van der Waals surface area contributed by atoms with Crippen LogP contribution >= 0.6 is 0 Å². The lowest BCUT2D eigenvalue weighted by molar-refractivity contribution is 0.121. The van der Waals surface area contributed by atoms with Gasteiger partial charge in [-0.2, -0.15) is 0 Å². The molecule has 0 aromatic heterocycles. The molecule has 0 unspecified atom stereocenters. The number of unbranched alkanes of at least 4 members (excludes halogenated alkanes) is 1. The quantitative estimate of drug-likeness (QED) is 0.625. The summed E-state index contributed by atoms with van der Waals surface area (Å²) >= 11 is 0. The molecule has 0 aromatic carbocycles. The fraction of sp³-hybridized carbons (Fsp3) is 1.00. The van der Waals surface area contributed by atoms with E-state index < -0.39 is 0 Å². The predicted octanol–water partition coefficient (Wildman–Crippen LogP) is 1.82. The normalized spacial score (nSPS) is 9.86. The van der Waals surface area contributed by atoms with Gasteiger partial charge in [0.1, 0.15) is 0 Å². The molecule has 0 heterocycles. The van der Waals surface area contributed by atoms with Crippen molar-refractivity contribution in [2.24, 2.45) is 5.92 Å². The van der Waals surface area contributed by atoms with Crippen LogP contribution in [0.1, 0.15) is 40.0 Å². The molecule has 3 nitrogen and oxygen atoms in total. The summed E-state index contributed by atoms with van der Waals surface area (Å²) in [5.41, 5.74) is 0. The van der Waals surface area contributed by atoms with Gasteiger partial charge in [0.25, 0.3) is 0 Å². The molecule has 0 aliphatic rings. The minimum atomic E-state index is -0.125. The summed E-state index contributed by atoms with van der Waals surface area (Å²) in [6.45, 7) is 8.28. The highest BCUT2D eigenvalue weighted by molar-refractivity contribution is 4.42. The van der Waals surface area contributed by atoms with Crippen LogP contribution < -0.4 is 0 Å². The van der Waals surface area contributed by atoms with E-state index in [2.05, 4.69) is 20.8 Å². The van der Waals surface area contributed by atoms with Crippen molar-refractivity contribution >= 4 is 0 Å². The molecular formula is C11H26O3. The third kappa shape index (κ3) is 22.6. The number of rotatable bonds is 7. The maximum absolute atomic E-state index is 7.62. The van der Waals surface area contributed by atoms with Crippen LogP contribution in [0, 0.1) is 5.92 Å².